The molecule has 10 heteroatoms. The lowest BCUT2D eigenvalue weighted by Gasteiger charge is -2.24. The van der Waals surface area contributed by atoms with Crippen molar-refractivity contribution in [3.05, 3.63) is 58.0 Å². The van der Waals surface area contributed by atoms with Crippen LogP contribution in [0.25, 0.3) is 0 Å². The van der Waals surface area contributed by atoms with Crippen molar-refractivity contribution >= 4 is 65.9 Å². The standard InChI is InChI=1S/C19H16BrClN2O4S2/c20-12-2-1-3-14(8-12)23-16-10-29(25,26)11-17(16)28-19(23)22-18(24)9-27-15-6-4-13(21)5-7-15/h1-8,16-17H,9-11H2/t16-,17+/m1/s1. The van der Waals surface area contributed by atoms with Gasteiger partial charge in [-0.1, -0.05) is 45.4 Å². The second-order valence-corrected chi connectivity index (χ2v) is 11.4. The van der Waals surface area contributed by atoms with Crippen molar-refractivity contribution in [2.24, 2.45) is 4.99 Å². The van der Waals surface area contributed by atoms with Crippen LogP contribution in [0.15, 0.2) is 58.0 Å². The van der Waals surface area contributed by atoms with E-state index in [4.69, 9.17) is 16.3 Å². The van der Waals surface area contributed by atoms with Gasteiger partial charge in [0.05, 0.1) is 17.5 Å². The smallest absolute Gasteiger partial charge is 0.285 e. The van der Waals surface area contributed by atoms with E-state index in [0.29, 0.717) is 15.9 Å². The minimum Gasteiger partial charge on any atom is -0.484 e. The molecule has 0 N–H and O–H groups in total. The lowest BCUT2D eigenvalue weighted by molar-refractivity contribution is -0.119. The number of amidine groups is 1. The van der Waals surface area contributed by atoms with Crippen molar-refractivity contribution in [3.63, 3.8) is 0 Å². The van der Waals surface area contributed by atoms with Crippen molar-refractivity contribution < 1.29 is 17.9 Å². The Balaban J connectivity index is 1.56. The van der Waals surface area contributed by atoms with Crippen LogP contribution in [0.5, 0.6) is 5.75 Å². The van der Waals surface area contributed by atoms with Gasteiger partial charge < -0.3 is 9.64 Å². The minimum atomic E-state index is -3.11. The molecule has 2 aliphatic heterocycles. The summed E-state index contributed by atoms with van der Waals surface area (Å²) in [6.07, 6.45) is 0. The van der Waals surface area contributed by atoms with Crippen molar-refractivity contribution in [1.82, 2.24) is 0 Å². The fourth-order valence-electron chi connectivity index (χ4n) is 3.31. The first-order valence-electron chi connectivity index (χ1n) is 8.72. The molecule has 2 saturated heterocycles. The van der Waals surface area contributed by atoms with Crippen LogP contribution in [-0.4, -0.2) is 48.9 Å². The maximum atomic E-state index is 12.4. The quantitative estimate of drug-likeness (QED) is 0.617. The third-order valence-corrected chi connectivity index (χ3v) is 8.50. The first kappa shape index (κ1) is 20.7. The van der Waals surface area contributed by atoms with E-state index in [2.05, 4.69) is 20.9 Å². The van der Waals surface area contributed by atoms with Crippen LogP contribution < -0.4 is 9.64 Å². The Bertz CT molecular complexity index is 1080. The fraction of sp³-hybridized carbons (Fsp3) is 0.263. The van der Waals surface area contributed by atoms with E-state index in [1.165, 1.54) is 11.8 Å². The van der Waals surface area contributed by atoms with Gasteiger partial charge in [0, 0.05) is 20.4 Å². The van der Waals surface area contributed by atoms with Crippen LogP contribution >= 0.6 is 39.3 Å². The summed E-state index contributed by atoms with van der Waals surface area (Å²) in [5.41, 5.74) is 0.793. The molecule has 2 aliphatic rings. The molecule has 0 spiro atoms. The van der Waals surface area contributed by atoms with Crippen molar-refractivity contribution in [2.75, 3.05) is 23.0 Å². The second kappa shape index (κ2) is 8.29. The monoisotopic (exact) mass is 514 g/mol. The molecule has 0 unspecified atom stereocenters. The number of nitrogens with zero attached hydrogens (tertiary/aromatic N) is 2. The predicted molar refractivity (Wildman–Crippen MR) is 120 cm³/mol. The number of amides is 1. The predicted octanol–water partition coefficient (Wildman–Crippen LogP) is 3.78. The van der Waals surface area contributed by atoms with E-state index >= 15 is 0 Å². The van der Waals surface area contributed by atoms with Gasteiger partial charge in [0.1, 0.15) is 5.75 Å². The number of fused-ring (bicyclic) bond motifs is 1. The molecule has 6 nitrogen and oxygen atoms in total. The molecule has 2 atom stereocenters. The molecule has 0 aromatic heterocycles. The highest BCUT2D eigenvalue weighted by Gasteiger charge is 2.49. The van der Waals surface area contributed by atoms with Crippen molar-refractivity contribution in [3.8, 4) is 5.75 Å². The molecular weight excluding hydrogens is 500 g/mol. The third kappa shape index (κ3) is 4.79. The topological polar surface area (TPSA) is 76.0 Å². The van der Waals surface area contributed by atoms with Gasteiger partial charge in [-0.05, 0) is 42.5 Å². The van der Waals surface area contributed by atoms with Crippen LogP contribution in [-0.2, 0) is 14.6 Å². The molecule has 0 radical (unpaired) electrons. The van der Waals surface area contributed by atoms with Crippen LogP contribution in [0, 0.1) is 0 Å². The molecule has 0 aliphatic carbocycles. The number of benzene rings is 2. The van der Waals surface area contributed by atoms with E-state index in [1.54, 1.807) is 24.3 Å². The Kier molecular flexibility index (Phi) is 5.92. The third-order valence-electron chi connectivity index (χ3n) is 4.55. The van der Waals surface area contributed by atoms with Gasteiger partial charge >= 0.3 is 0 Å². The van der Waals surface area contributed by atoms with Gasteiger partial charge in [0.25, 0.3) is 5.91 Å². The van der Waals surface area contributed by atoms with E-state index in [1.807, 2.05) is 29.2 Å². The Morgan fingerprint density at radius 1 is 1.24 bits per heavy atom. The highest BCUT2D eigenvalue weighted by Crippen LogP contribution is 2.41. The van der Waals surface area contributed by atoms with Crippen LogP contribution in [0.2, 0.25) is 5.02 Å². The van der Waals surface area contributed by atoms with Crippen molar-refractivity contribution in [2.45, 2.75) is 11.3 Å². The number of thioether (sulfide) groups is 1. The number of anilines is 1. The Labute approximate surface area is 186 Å². The SMILES string of the molecule is O=C(COc1ccc(Cl)cc1)N=C1S[C@H]2CS(=O)(=O)C[C@H]2N1c1cccc(Br)c1. The zero-order chi connectivity index (χ0) is 20.6. The molecule has 2 fully saturated rings. The van der Waals surface area contributed by atoms with Gasteiger partial charge in [-0.25, -0.2) is 8.42 Å². The summed E-state index contributed by atoms with van der Waals surface area (Å²) < 4.78 is 30.6. The number of ether oxygens (including phenoxy) is 1. The summed E-state index contributed by atoms with van der Waals surface area (Å²) in [7, 11) is -3.11. The first-order valence-corrected chi connectivity index (χ1v) is 12.6. The average Bonchev–Trinajstić information content (AvgIpc) is 3.12. The number of halogens is 2. The summed E-state index contributed by atoms with van der Waals surface area (Å²) in [6, 6.07) is 14.0. The number of sulfone groups is 1. The maximum absolute atomic E-state index is 12.4. The van der Waals surface area contributed by atoms with Crippen LogP contribution in [0.1, 0.15) is 0 Å². The van der Waals surface area contributed by atoms with E-state index < -0.39 is 15.7 Å². The van der Waals surface area contributed by atoms with E-state index in [9.17, 15) is 13.2 Å². The Morgan fingerprint density at radius 2 is 2.00 bits per heavy atom. The molecule has 0 saturated carbocycles. The molecule has 2 aromatic rings. The normalized spacial score (nSPS) is 23.9. The molecule has 0 bridgehead atoms. The number of hydrogen-bond donors (Lipinski definition) is 0. The van der Waals surface area contributed by atoms with Crippen LogP contribution in [0.4, 0.5) is 5.69 Å². The fourth-order valence-corrected chi connectivity index (χ4v) is 7.75. The summed E-state index contributed by atoms with van der Waals surface area (Å²) in [5.74, 6) is 0.214. The molecular formula is C19H16BrClN2O4S2. The molecule has 4 rings (SSSR count). The summed E-state index contributed by atoms with van der Waals surface area (Å²) in [4.78, 5) is 18.5. The molecule has 1 amide bonds. The van der Waals surface area contributed by atoms with E-state index in [-0.39, 0.29) is 29.4 Å². The summed E-state index contributed by atoms with van der Waals surface area (Å²) in [5, 5.41) is 0.929. The zero-order valence-corrected chi connectivity index (χ0v) is 19.0. The first-order chi connectivity index (χ1) is 13.8. The number of carbonyl (C=O) groups excluding carboxylic acids is 1. The number of rotatable bonds is 4. The summed E-state index contributed by atoms with van der Waals surface area (Å²) in [6.45, 7) is -0.217. The van der Waals surface area contributed by atoms with Gasteiger partial charge in [0.15, 0.2) is 21.6 Å². The minimum absolute atomic E-state index is 0.0473. The Morgan fingerprint density at radius 3 is 2.72 bits per heavy atom. The van der Waals surface area contributed by atoms with Crippen molar-refractivity contribution in [1.29, 1.82) is 0 Å². The molecule has 2 aromatic carbocycles. The number of hydrogen-bond acceptors (Lipinski definition) is 5. The zero-order valence-electron chi connectivity index (χ0n) is 15.0. The summed E-state index contributed by atoms with van der Waals surface area (Å²) >= 11 is 10.6. The van der Waals surface area contributed by atoms with Gasteiger partial charge in [-0.15, -0.1) is 0 Å². The van der Waals surface area contributed by atoms with Gasteiger partial charge in [-0.2, -0.15) is 4.99 Å². The average molecular weight is 516 g/mol. The highest BCUT2D eigenvalue weighted by molar-refractivity contribution is 9.10. The number of aliphatic imine (C=N–C) groups is 1. The van der Waals surface area contributed by atoms with Gasteiger partial charge in [-0.3, -0.25) is 4.79 Å². The van der Waals surface area contributed by atoms with Crippen LogP contribution in [0.3, 0.4) is 0 Å². The second-order valence-electron chi connectivity index (χ2n) is 6.68. The largest absolute Gasteiger partial charge is 0.484 e. The van der Waals surface area contributed by atoms with E-state index in [0.717, 1.165) is 10.2 Å². The molecule has 29 heavy (non-hydrogen) atoms. The maximum Gasteiger partial charge on any atom is 0.285 e. The molecule has 2 heterocycles. The Hall–Kier alpha value is -1.55. The lowest BCUT2D eigenvalue weighted by atomic mass is 10.2. The molecule has 152 valence electrons. The lowest BCUT2D eigenvalue weighted by Crippen LogP contribution is -2.37. The highest BCUT2D eigenvalue weighted by atomic mass is 79.9. The van der Waals surface area contributed by atoms with Gasteiger partial charge in [0.2, 0.25) is 0 Å². The number of carbonyl (C=O) groups is 1.